The monoisotopic (exact) mass is 462 g/mol. The number of benzene rings is 1. The van der Waals surface area contributed by atoms with Crippen LogP contribution in [0.1, 0.15) is 40.2 Å². The molecule has 0 radical (unpaired) electrons. The maximum atomic E-state index is 12.8. The first-order chi connectivity index (χ1) is 15.7. The van der Waals surface area contributed by atoms with Gasteiger partial charge in [-0.3, -0.25) is 0 Å². The summed E-state index contributed by atoms with van der Waals surface area (Å²) in [4.78, 5) is 26.7. The number of carbonyl (C=O) groups is 2. The number of hydrogen-bond acceptors (Lipinski definition) is 7. The van der Waals surface area contributed by atoms with Crippen LogP contribution in [0.15, 0.2) is 24.3 Å². The van der Waals surface area contributed by atoms with E-state index in [1.807, 2.05) is 56.9 Å². The number of fused-ring (bicyclic) bond motifs is 1. The molecule has 1 aromatic carbocycles. The third kappa shape index (κ3) is 7.08. The molecule has 1 unspecified atom stereocenters. The van der Waals surface area contributed by atoms with Gasteiger partial charge in [0.2, 0.25) is 0 Å². The number of esters is 1. The Hall–Kier alpha value is -2.32. The lowest BCUT2D eigenvalue weighted by molar-refractivity contribution is -0.156. The quantitative estimate of drug-likeness (QED) is 0.506. The highest BCUT2D eigenvalue weighted by atomic mass is 16.6. The summed E-state index contributed by atoms with van der Waals surface area (Å²) in [6.45, 7) is 12.8. The Morgan fingerprint density at radius 2 is 1.76 bits per heavy atom. The molecule has 1 amide bonds. The van der Waals surface area contributed by atoms with E-state index in [1.54, 1.807) is 6.92 Å². The molecule has 33 heavy (non-hydrogen) atoms. The van der Waals surface area contributed by atoms with E-state index in [2.05, 4.69) is 5.32 Å². The third-order valence-corrected chi connectivity index (χ3v) is 5.90. The maximum Gasteiger partial charge on any atom is 0.410 e. The molecule has 0 bridgehead atoms. The van der Waals surface area contributed by atoms with Crippen molar-refractivity contribution < 1.29 is 28.5 Å². The first kappa shape index (κ1) is 25.3. The first-order valence-corrected chi connectivity index (χ1v) is 11.9. The molecule has 1 saturated carbocycles. The lowest BCUT2D eigenvalue weighted by Gasteiger charge is -2.28. The average molecular weight is 463 g/mol. The minimum atomic E-state index is -0.614. The fraction of sp³-hybridized carbons (Fsp3) is 0.680. The van der Waals surface area contributed by atoms with Crippen molar-refractivity contribution in [3.8, 4) is 5.75 Å². The molecule has 1 saturated heterocycles. The van der Waals surface area contributed by atoms with Gasteiger partial charge < -0.3 is 29.2 Å². The van der Waals surface area contributed by atoms with Crippen LogP contribution in [0, 0.1) is 11.8 Å². The number of rotatable bonds is 11. The molecule has 1 heterocycles. The molecule has 1 aliphatic carbocycles. The van der Waals surface area contributed by atoms with Crippen molar-refractivity contribution in [2.45, 2.75) is 58.8 Å². The van der Waals surface area contributed by atoms with Crippen LogP contribution in [-0.2, 0) is 25.4 Å². The summed E-state index contributed by atoms with van der Waals surface area (Å²) in [6, 6.07) is 7.81. The van der Waals surface area contributed by atoms with Crippen molar-refractivity contribution in [3.05, 3.63) is 29.8 Å². The van der Waals surface area contributed by atoms with E-state index in [9.17, 15) is 9.59 Å². The van der Waals surface area contributed by atoms with Gasteiger partial charge in [0.05, 0.1) is 13.2 Å². The summed E-state index contributed by atoms with van der Waals surface area (Å²) in [5.74, 6) is 1.38. The maximum absolute atomic E-state index is 12.8. The summed E-state index contributed by atoms with van der Waals surface area (Å²) in [7, 11) is 0. The first-order valence-electron chi connectivity index (χ1n) is 11.9. The van der Waals surface area contributed by atoms with Gasteiger partial charge in [-0.05, 0) is 64.2 Å². The molecule has 0 aromatic heterocycles. The number of amides is 1. The lowest BCUT2D eigenvalue weighted by Crippen LogP contribution is -2.43. The lowest BCUT2D eigenvalue weighted by atomic mass is 10.1. The second-order valence-electron chi connectivity index (χ2n) is 9.54. The number of ether oxygens (including phenoxy) is 4. The van der Waals surface area contributed by atoms with Gasteiger partial charge in [-0.25, -0.2) is 9.59 Å². The van der Waals surface area contributed by atoms with Crippen molar-refractivity contribution in [1.82, 2.24) is 10.2 Å². The van der Waals surface area contributed by atoms with Gasteiger partial charge >= 0.3 is 12.1 Å². The van der Waals surface area contributed by atoms with Gasteiger partial charge in [0.1, 0.15) is 18.0 Å². The van der Waals surface area contributed by atoms with Gasteiger partial charge in [0.15, 0.2) is 6.10 Å². The molecule has 8 heteroatoms. The Morgan fingerprint density at radius 1 is 1.09 bits per heavy atom. The summed E-state index contributed by atoms with van der Waals surface area (Å²) in [6.07, 6.45) is -0.448. The molecule has 3 rings (SSSR count). The van der Waals surface area contributed by atoms with Crippen LogP contribution < -0.4 is 10.1 Å². The molecule has 1 aromatic rings. The summed E-state index contributed by atoms with van der Waals surface area (Å²) in [5.41, 5.74) is 0.430. The molecular formula is C25H38N2O6. The minimum absolute atomic E-state index is 0.227. The highest BCUT2D eigenvalue weighted by molar-refractivity contribution is 5.75. The van der Waals surface area contributed by atoms with Gasteiger partial charge in [-0.15, -0.1) is 0 Å². The van der Waals surface area contributed by atoms with Gasteiger partial charge in [-0.2, -0.15) is 0 Å². The SMILES string of the molecule is CCOC(=O)[C@H](Cc1ccc(OCCN(C(=O)OC(C)(C)C)[C@@H]2C3CNC[C@H]32)cc1)OCC. The standard InChI is InChI=1S/C25H38N2O6/c1-6-30-21(23(28)31-7-2)14-17-8-10-18(11-9-17)32-13-12-27(24(29)33-25(3,4)5)22-19-15-26-16-20(19)22/h8-11,19-22,26H,6-7,12-16H2,1-5H3/t19-,20?,21+,22+/m1/s1. The topological polar surface area (TPSA) is 86.3 Å². The Labute approximate surface area is 196 Å². The summed E-state index contributed by atoms with van der Waals surface area (Å²) in [5, 5.41) is 3.37. The molecule has 2 aliphatic rings. The van der Waals surface area contributed by atoms with Crippen molar-refractivity contribution in [2.24, 2.45) is 11.8 Å². The molecule has 184 valence electrons. The fourth-order valence-electron chi connectivity index (χ4n) is 4.37. The zero-order valence-corrected chi connectivity index (χ0v) is 20.5. The van der Waals surface area contributed by atoms with Crippen LogP contribution in [-0.4, -0.2) is 74.2 Å². The minimum Gasteiger partial charge on any atom is -0.492 e. The van der Waals surface area contributed by atoms with Gasteiger partial charge in [-0.1, -0.05) is 12.1 Å². The molecule has 4 atom stereocenters. The third-order valence-electron chi connectivity index (χ3n) is 5.90. The van der Waals surface area contributed by atoms with Crippen LogP contribution in [0.3, 0.4) is 0 Å². The smallest absolute Gasteiger partial charge is 0.410 e. The fourth-order valence-corrected chi connectivity index (χ4v) is 4.37. The Balaban J connectivity index is 1.52. The number of nitrogens with one attached hydrogen (secondary N) is 1. The number of carbonyl (C=O) groups excluding carboxylic acids is 2. The van der Waals surface area contributed by atoms with E-state index >= 15 is 0 Å². The highest BCUT2D eigenvalue weighted by Gasteiger charge is 2.57. The van der Waals surface area contributed by atoms with Crippen LogP contribution in [0.2, 0.25) is 0 Å². The zero-order chi connectivity index (χ0) is 24.0. The second kappa shape index (κ2) is 11.2. The zero-order valence-electron chi connectivity index (χ0n) is 20.5. The summed E-state index contributed by atoms with van der Waals surface area (Å²) >= 11 is 0. The number of hydrogen-bond donors (Lipinski definition) is 1. The van der Waals surface area contributed by atoms with Gasteiger partial charge in [0, 0.05) is 32.2 Å². The van der Waals surface area contributed by atoms with Crippen LogP contribution in [0.25, 0.3) is 0 Å². The predicted molar refractivity (Wildman–Crippen MR) is 124 cm³/mol. The molecule has 2 fully saturated rings. The van der Waals surface area contributed by atoms with E-state index in [-0.39, 0.29) is 18.1 Å². The molecular weight excluding hydrogens is 424 g/mol. The van der Waals surface area contributed by atoms with E-state index in [1.165, 1.54) is 0 Å². The average Bonchev–Trinajstić information content (AvgIpc) is 3.19. The molecule has 1 aliphatic heterocycles. The second-order valence-corrected chi connectivity index (χ2v) is 9.54. The predicted octanol–water partition coefficient (Wildman–Crippen LogP) is 3.03. The normalized spacial score (nSPS) is 22.3. The Kier molecular flexibility index (Phi) is 8.59. The number of nitrogens with zero attached hydrogens (tertiary/aromatic N) is 1. The van der Waals surface area contributed by atoms with E-state index in [0.29, 0.717) is 50.4 Å². The van der Waals surface area contributed by atoms with Crippen molar-refractivity contribution in [2.75, 3.05) is 39.5 Å². The molecule has 1 N–H and O–H groups in total. The van der Waals surface area contributed by atoms with E-state index in [4.69, 9.17) is 18.9 Å². The van der Waals surface area contributed by atoms with Crippen molar-refractivity contribution in [3.63, 3.8) is 0 Å². The van der Waals surface area contributed by atoms with E-state index in [0.717, 1.165) is 18.7 Å². The Morgan fingerprint density at radius 3 is 2.33 bits per heavy atom. The highest BCUT2D eigenvalue weighted by Crippen LogP contribution is 2.46. The largest absolute Gasteiger partial charge is 0.492 e. The number of piperidine rings is 1. The van der Waals surface area contributed by atoms with Crippen molar-refractivity contribution >= 4 is 12.1 Å². The van der Waals surface area contributed by atoms with Crippen LogP contribution in [0.4, 0.5) is 4.79 Å². The van der Waals surface area contributed by atoms with Crippen LogP contribution >= 0.6 is 0 Å². The van der Waals surface area contributed by atoms with Crippen LogP contribution in [0.5, 0.6) is 5.75 Å². The molecule has 8 nitrogen and oxygen atoms in total. The molecule has 0 spiro atoms. The van der Waals surface area contributed by atoms with E-state index < -0.39 is 11.7 Å². The van der Waals surface area contributed by atoms with Crippen molar-refractivity contribution in [1.29, 1.82) is 0 Å². The Bertz CT molecular complexity index is 781. The van der Waals surface area contributed by atoms with Gasteiger partial charge in [0.25, 0.3) is 0 Å². The summed E-state index contributed by atoms with van der Waals surface area (Å²) < 4.78 is 22.2.